The van der Waals surface area contributed by atoms with Crippen molar-refractivity contribution in [2.75, 3.05) is 14.2 Å². The summed E-state index contributed by atoms with van der Waals surface area (Å²) >= 11 is 0. The highest BCUT2D eigenvalue weighted by Gasteiger charge is 2.17. The lowest BCUT2D eigenvalue weighted by Gasteiger charge is -2.18. The van der Waals surface area contributed by atoms with Gasteiger partial charge in [0.25, 0.3) is 0 Å². The van der Waals surface area contributed by atoms with Crippen LogP contribution in [0.3, 0.4) is 0 Å². The summed E-state index contributed by atoms with van der Waals surface area (Å²) in [5, 5.41) is 9.43. The van der Waals surface area contributed by atoms with Gasteiger partial charge in [-0.15, -0.1) is 0 Å². The minimum atomic E-state index is -0.157. The van der Waals surface area contributed by atoms with Crippen molar-refractivity contribution >= 4 is 0 Å². The van der Waals surface area contributed by atoms with E-state index in [9.17, 15) is 5.11 Å². The molecule has 0 aliphatic heterocycles. The monoisotopic (exact) mass is 211 g/mol. The zero-order valence-corrected chi connectivity index (χ0v) is 9.28. The van der Waals surface area contributed by atoms with Gasteiger partial charge in [-0.1, -0.05) is 6.92 Å². The van der Waals surface area contributed by atoms with Crippen molar-refractivity contribution in [3.63, 3.8) is 0 Å². The molecule has 0 aliphatic carbocycles. The maximum atomic E-state index is 9.43. The highest BCUT2D eigenvalue weighted by atomic mass is 16.5. The van der Waals surface area contributed by atoms with Crippen molar-refractivity contribution in [1.29, 1.82) is 0 Å². The van der Waals surface area contributed by atoms with E-state index in [1.54, 1.807) is 14.2 Å². The maximum absolute atomic E-state index is 9.43. The highest BCUT2D eigenvalue weighted by Crippen LogP contribution is 2.37. The molecular formula is C11H17NO3. The molecule has 0 amide bonds. The van der Waals surface area contributed by atoms with E-state index < -0.39 is 0 Å². The third-order valence-corrected chi connectivity index (χ3v) is 2.34. The molecule has 0 spiro atoms. The smallest absolute Gasteiger partial charge is 0.131 e. The normalized spacial score (nSPS) is 12.3. The van der Waals surface area contributed by atoms with Gasteiger partial charge in [0.15, 0.2) is 0 Å². The molecule has 1 atom stereocenters. The van der Waals surface area contributed by atoms with E-state index in [2.05, 4.69) is 0 Å². The van der Waals surface area contributed by atoms with Crippen LogP contribution in [0.1, 0.15) is 24.9 Å². The fourth-order valence-electron chi connectivity index (χ4n) is 1.49. The molecule has 15 heavy (non-hydrogen) atoms. The molecule has 0 aromatic heterocycles. The zero-order chi connectivity index (χ0) is 11.4. The molecule has 0 saturated heterocycles. The molecule has 1 aromatic carbocycles. The second-order valence-corrected chi connectivity index (χ2v) is 3.28. The summed E-state index contributed by atoms with van der Waals surface area (Å²) < 4.78 is 10.3. The van der Waals surface area contributed by atoms with Gasteiger partial charge in [0.1, 0.15) is 17.2 Å². The number of rotatable bonds is 4. The third-order valence-electron chi connectivity index (χ3n) is 2.34. The first kappa shape index (κ1) is 11.7. The number of nitrogens with two attached hydrogens (primary N) is 1. The predicted octanol–water partition coefficient (Wildman–Crippen LogP) is 1.82. The lowest BCUT2D eigenvalue weighted by Crippen LogP contribution is -2.11. The van der Waals surface area contributed by atoms with Gasteiger partial charge in [0.2, 0.25) is 0 Å². The van der Waals surface area contributed by atoms with Gasteiger partial charge in [-0.25, -0.2) is 0 Å². The number of phenols is 1. The van der Waals surface area contributed by atoms with Crippen LogP contribution in [-0.2, 0) is 0 Å². The van der Waals surface area contributed by atoms with E-state index >= 15 is 0 Å². The van der Waals surface area contributed by atoms with Crippen LogP contribution in [0.4, 0.5) is 0 Å². The second kappa shape index (κ2) is 4.89. The Hall–Kier alpha value is -1.42. The van der Waals surface area contributed by atoms with Crippen LogP contribution in [-0.4, -0.2) is 19.3 Å². The minimum absolute atomic E-state index is 0.107. The molecule has 1 rings (SSSR count). The Morgan fingerprint density at radius 2 is 1.73 bits per heavy atom. The lowest BCUT2D eigenvalue weighted by atomic mass is 10.0. The van der Waals surface area contributed by atoms with Crippen molar-refractivity contribution in [1.82, 2.24) is 0 Å². The van der Waals surface area contributed by atoms with Gasteiger partial charge in [-0.2, -0.15) is 0 Å². The Morgan fingerprint density at radius 3 is 2.07 bits per heavy atom. The van der Waals surface area contributed by atoms with Gasteiger partial charge < -0.3 is 20.3 Å². The van der Waals surface area contributed by atoms with Gasteiger partial charge in [0.05, 0.1) is 19.8 Å². The predicted molar refractivity (Wildman–Crippen MR) is 58.4 cm³/mol. The van der Waals surface area contributed by atoms with Crippen LogP contribution in [0.15, 0.2) is 12.1 Å². The number of aromatic hydroxyl groups is 1. The molecule has 4 heteroatoms. The molecule has 1 aromatic rings. The summed E-state index contributed by atoms with van der Waals surface area (Å²) in [6.45, 7) is 1.98. The second-order valence-electron chi connectivity index (χ2n) is 3.28. The van der Waals surface area contributed by atoms with Crippen LogP contribution in [0.25, 0.3) is 0 Å². The lowest BCUT2D eigenvalue weighted by molar-refractivity contribution is 0.370. The molecule has 0 aliphatic rings. The number of hydrogen-bond acceptors (Lipinski definition) is 4. The van der Waals surface area contributed by atoms with E-state index in [0.717, 1.165) is 12.0 Å². The standard InChI is InChI=1S/C11H17NO3/c1-4-8(12)11-9(14-2)5-7(13)6-10(11)15-3/h5-6,8,13H,4,12H2,1-3H3/t8-/m0/s1. The number of methoxy groups -OCH3 is 2. The van der Waals surface area contributed by atoms with Crippen molar-refractivity contribution in [3.8, 4) is 17.2 Å². The largest absolute Gasteiger partial charge is 0.508 e. The number of phenolic OH excluding ortho intramolecular Hbond substituents is 1. The average molecular weight is 211 g/mol. The maximum Gasteiger partial charge on any atom is 0.131 e. The first-order valence-corrected chi connectivity index (χ1v) is 4.84. The SMILES string of the molecule is CC[C@H](N)c1c(OC)cc(O)cc1OC. The Bertz CT molecular complexity index is 314. The number of ether oxygens (including phenoxy) is 2. The third kappa shape index (κ3) is 2.33. The van der Waals surface area contributed by atoms with Crippen LogP contribution < -0.4 is 15.2 Å². The van der Waals surface area contributed by atoms with Crippen molar-refractivity contribution < 1.29 is 14.6 Å². The molecule has 3 N–H and O–H groups in total. The Labute approximate surface area is 89.6 Å². The van der Waals surface area contributed by atoms with E-state index in [1.807, 2.05) is 6.92 Å². The molecule has 4 nitrogen and oxygen atoms in total. The Balaban J connectivity index is 3.30. The fourth-order valence-corrected chi connectivity index (χ4v) is 1.49. The summed E-state index contributed by atoms with van der Waals surface area (Å²) in [5.41, 5.74) is 6.75. The molecule has 0 radical (unpaired) electrons. The molecule has 0 saturated carbocycles. The highest BCUT2D eigenvalue weighted by molar-refractivity contribution is 5.51. The van der Waals surface area contributed by atoms with Crippen LogP contribution in [0.2, 0.25) is 0 Å². The van der Waals surface area contributed by atoms with Crippen molar-refractivity contribution in [3.05, 3.63) is 17.7 Å². The van der Waals surface area contributed by atoms with Gasteiger partial charge in [-0.3, -0.25) is 0 Å². The summed E-state index contributed by atoms with van der Waals surface area (Å²) in [6, 6.07) is 2.91. The number of hydrogen-bond donors (Lipinski definition) is 2. The van der Waals surface area contributed by atoms with Gasteiger partial charge in [-0.05, 0) is 6.42 Å². The van der Waals surface area contributed by atoms with E-state index in [-0.39, 0.29) is 11.8 Å². The summed E-state index contributed by atoms with van der Waals surface area (Å²) in [6.07, 6.45) is 0.775. The van der Waals surface area contributed by atoms with Crippen LogP contribution in [0, 0.1) is 0 Å². The molecule has 0 fully saturated rings. The van der Waals surface area contributed by atoms with E-state index in [4.69, 9.17) is 15.2 Å². The van der Waals surface area contributed by atoms with Gasteiger partial charge >= 0.3 is 0 Å². The molecule has 84 valence electrons. The topological polar surface area (TPSA) is 64.7 Å². The molecule has 0 bridgehead atoms. The van der Waals surface area contributed by atoms with E-state index in [1.165, 1.54) is 12.1 Å². The summed E-state index contributed by atoms with van der Waals surface area (Å²) in [5.74, 6) is 1.22. The first-order chi connectivity index (χ1) is 7.13. The minimum Gasteiger partial charge on any atom is -0.508 e. The fraction of sp³-hybridized carbons (Fsp3) is 0.455. The molecule has 0 unspecified atom stereocenters. The molecule has 0 heterocycles. The Kier molecular flexibility index (Phi) is 3.80. The Morgan fingerprint density at radius 1 is 1.27 bits per heavy atom. The number of benzene rings is 1. The van der Waals surface area contributed by atoms with Gasteiger partial charge in [0, 0.05) is 18.2 Å². The summed E-state index contributed by atoms with van der Waals surface area (Å²) in [4.78, 5) is 0. The van der Waals surface area contributed by atoms with Crippen LogP contribution >= 0.6 is 0 Å². The first-order valence-electron chi connectivity index (χ1n) is 4.84. The van der Waals surface area contributed by atoms with Crippen LogP contribution in [0.5, 0.6) is 17.2 Å². The molecular weight excluding hydrogens is 194 g/mol. The van der Waals surface area contributed by atoms with Crippen molar-refractivity contribution in [2.45, 2.75) is 19.4 Å². The van der Waals surface area contributed by atoms with Crippen molar-refractivity contribution in [2.24, 2.45) is 5.73 Å². The quantitative estimate of drug-likeness (QED) is 0.797. The summed E-state index contributed by atoms with van der Waals surface area (Å²) in [7, 11) is 3.08. The average Bonchev–Trinajstić information content (AvgIpc) is 2.26. The van der Waals surface area contributed by atoms with E-state index in [0.29, 0.717) is 11.5 Å². The zero-order valence-electron chi connectivity index (χ0n) is 9.28.